The second-order valence-electron chi connectivity index (χ2n) is 19.5. The number of halogens is 18. The predicted octanol–water partition coefficient (Wildman–Crippen LogP) is 17.1. The van der Waals surface area contributed by atoms with Crippen LogP contribution in [0, 0.1) is 38.2 Å². The van der Waals surface area contributed by atoms with Crippen molar-refractivity contribution in [3.63, 3.8) is 0 Å². The van der Waals surface area contributed by atoms with Crippen LogP contribution in [0.15, 0.2) is 146 Å². The number of hydrogen-bond acceptors (Lipinski definition) is 12. The van der Waals surface area contributed by atoms with E-state index >= 15 is 0 Å². The molecular weight excluding hydrogens is 1420 g/mol. The van der Waals surface area contributed by atoms with Gasteiger partial charge in [0.1, 0.15) is 17.5 Å². The van der Waals surface area contributed by atoms with Gasteiger partial charge in [-0.05, 0) is 21.1 Å². The van der Waals surface area contributed by atoms with Crippen molar-refractivity contribution in [3.8, 4) is 33.8 Å². The third-order valence-corrected chi connectivity index (χ3v) is 13.3. The Balaban J connectivity index is 0.000000161. The second kappa shape index (κ2) is 24.9. The van der Waals surface area contributed by atoms with Crippen LogP contribution in [0.4, 0.5) is 131 Å². The predicted molar refractivity (Wildman–Crippen MR) is 293 cm³/mol. The average molecular weight is 1460 g/mol. The molecule has 3 aromatic heterocycles. The van der Waals surface area contributed by atoms with E-state index in [1.54, 1.807) is 112 Å². The molecule has 3 aliphatic rings. The summed E-state index contributed by atoms with van der Waals surface area (Å²) in [7, 11) is 4.77. The van der Waals surface area contributed by atoms with Crippen LogP contribution in [0.25, 0.3) is 33.8 Å². The van der Waals surface area contributed by atoms with Gasteiger partial charge in [0.15, 0.2) is 0 Å². The molecule has 9 aromatic rings. The number of aromatic nitrogens is 6. The van der Waals surface area contributed by atoms with Gasteiger partial charge in [0.05, 0.1) is 34.1 Å². The first-order valence-corrected chi connectivity index (χ1v) is 25.7. The fourth-order valence-electron chi connectivity index (χ4n) is 9.19. The molecule has 0 amide bonds. The van der Waals surface area contributed by atoms with Crippen molar-refractivity contribution in [1.82, 2.24) is 29.9 Å². The number of hydrogen-bond donors (Lipinski definition) is 0. The Morgan fingerprint density at radius 1 is 0.308 bits per heavy atom. The third kappa shape index (κ3) is 14.1. The van der Waals surface area contributed by atoms with E-state index in [1.807, 2.05) is 0 Å². The summed E-state index contributed by atoms with van der Waals surface area (Å²) in [5.74, 6) is -4.35. The van der Waals surface area contributed by atoms with Crippen LogP contribution in [0.1, 0.15) is 34.2 Å². The van der Waals surface area contributed by atoms with Crippen molar-refractivity contribution in [3.05, 3.63) is 218 Å². The van der Waals surface area contributed by atoms with Crippen molar-refractivity contribution in [1.29, 1.82) is 0 Å². The Morgan fingerprint density at radius 2 is 0.538 bits per heavy atom. The summed E-state index contributed by atoms with van der Waals surface area (Å²) in [5.41, 5.74) is -0.0255. The molecule has 12 rings (SSSR count). The van der Waals surface area contributed by atoms with E-state index in [0.29, 0.717) is 33.8 Å². The van der Waals surface area contributed by atoms with Gasteiger partial charge in [-0.2, -0.15) is 154 Å². The molecule has 477 valence electrons. The molecule has 0 atom stereocenters. The maximum absolute atomic E-state index is 13.5. The van der Waals surface area contributed by atoms with Gasteiger partial charge in [0.25, 0.3) is 0 Å². The van der Waals surface area contributed by atoms with E-state index in [0.717, 1.165) is 54.6 Å². The maximum Gasteiger partial charge on any atom is 0.451 e. The summed E-state index contributed by atoms with van der Waals surface area (Å²) in [6.45, 7) is 4.26. The van der Waals surface area contributed by atoms with Gasteiger partial charge in [-0.3, -0.25) is 0 Å². The normalized spacial score (nSPS) is 14.1. The zero-order valence-electron chi connectivity index (χ0n) is 46.1. The summed E-state index contributed by atoms with van der Waals surface area (Å²) in [5, 5.41) is 0. The number of rotatable bonds is 6. The Hall–Kier alpha value is -9.25. The van der Waals surface area contributed by atoms with Gasteiger partial charge in [-0.15, -0.1) is 35.3 Å². The van der Waals surface area contributed by atoms with E-state index in [-0.39, 0.29) is 71.7 Å². The second-order valence-corrected chi connectivity index (χ2v) is 19.5. The fourth-order valence-corrected chi connectivity index (χ4v) is 9.19. The molecule has 91 heavy (non-hydrogen) atoms. The molecule has 6 heterocycles. The van der Waals surface area contributed by atoms with Crippen LogP contribution in [-0.2, 0) is 57.2 Å². The molecule has 0 bridgehead atoms. The van der Waals surface area contributed by atoms with Crippen molar-refractivity contribution in [2.45, 2.75) is 37.1 Å². The van der Waals surface area contributed by atoms with Crippen LogP contribution >= 0.6 is 0 Å². The summed E-state index contributed by atoms with van der Waals surface area (Å²) in [6, 6.07) is 40.3. The van der Waals surface area contributed by atoms with Crippen molar-refractivity contribution in [2.75, 3.05) is 50.5 Å². The van der Waals surface area contributed by atoms with Crippen molar-refractivity contribution < 1.29 is 99.1 Å². The van der Waals surface area contributed by atoms with Gasteiger partial charge in [0, 0.05) is 36.8 Å². The number of alkyl halides is 18. The first-order chi connectivity index (χ1) is 42.2. The molecule has 0 saturated heterocycles. The van der Waals surface area contributed by atoms with Crippen LogP contribution in [-0.4, -0.2) is 51.0 Å². The SMILES string of the molecule is CN1[CH-]N(c2[c-]cc(C(F)(F)F)cc2)c2nc(C(F)(F)F)nc(-c3ccccc3)c21.CN1[CH-]N(c2[c-]cc(C(F)(F)F)cc2)c2nc(C(F)(F)F)nc(-c3ccccc3)c21.CN1[CH-]N(c2[c-]cc(C(F)(F)F)cc2)c2nc(C(F)(F)F)nc(-c3ccccc3)c21.[Ir]. The monoisotopic (exact) mass is 1460 g/mol. The quantitative estimate of drug-likeness (QED) is 0.117. The first-order valence-electron chi connectivity index (χ1n) is 25.7. The molecule has 0 aliphatic carbocycles. The standard InChI is InChI=1S/3C20H12F6N4.Ir/c3*1-29-11-30(14-9-7-13(8-10-14)19(21,22)23)17-16(29)15(12-5-3-2-4-6-12)27-18(28-17)20(24,25)26;/h3*2-9,11H,1H3;/q3*-2;. The van der Waals surface area contributed by atoms with Gasteiger partial charge in [-0.25, -0.2) is 29.9 Å². The summed E-state index contributed by atoms with van der Waals surface area (Å²) in [4.78, 5) is 30.5. The molecule has 1 radical (unpaired) electrons. The minimum Gasteiger partial charge on any atom is -0.501 e. The molecule has 0 unspecified atom stereocenters. The van der Waals surface area contributed by atoms with Crippen molar-refractivity contribution >= 4 is 51.6 Å². The molecule has 31 heteroatoms. The Kier molecular flexibility index (Phi) is 18.1. The Morgan fingerprint density at radius 3 is 0.725 bits per heavy atom. The molecule has 0 saturated carbocycles. The zero-order chi connectivity index (χ0) is 65.0. The number of benzene rings is 6. The van der Waals surface area contributed by atoms with E-state index in [1.165, 1.54) is 49.4 Å². The zero-order valence-corrected chi connectivity index (χ0v) is 48.5. The van der Waals surface area contributed by atoms with Crippen molar-refractivity contribution in [2.24, 2.45) is 0 Å². The topological polar surface area (TPSA) is 96.8 Å². The smallest absolute Gasteiger partial charge is 0.451 e. The number of fused-ring (bicyclic) bond motifs is 3. The van der Waals surface area contributed by atoms with E-state index in [4.69, 9.17) is 0 Å². The fraction of sp³-hybridized carbons (Fsp3) is 0.150. The maximum atomic E-state index is 13.5. The van der Waals surface area contributed by atoms with Crippen LogP contribution in [0.2, 0.25) is 0 Å². The minimum atomic E-state index is -4.81. The van der Waals surface area contributed by atoms with Gasteiger partial charge in [0.2, 0.25) is 17.5 Å². The molecular formula is C60H36F18IrN12-6. The van der Waals surface area contributed by atoms with E-state index in [2.05, 4.69) is 48.1 Å². The van der Waals surface area contributed by atoms with E-state index in [9.17, 15) is 79.0 Å². The Labute approximate surface area is 518 Å². The molecule has 12 nitrogen and oxygen atoms in total. The first kappa shape index (κ1) is 66.2. The van der Waals surface area contributed by atoms with Gasteiger partial charge in [-0.1, -0.05) is 108 Å². The largest absolute Gasteiger partial charge is 0.501 e. The average Bonchev–Trinajstić information content (AvgIpc) is 1.68. The van der Waals surface area contributed by atoms with Crippen LogP contribution in [0.3, 0.4) is 0 Å². The third-order valence-electron chi connectivity index (χ3n) is 13.3. The number of anilines is 9. The number of nitrogens with zero attached hydrogens (tertiary/aromatic N) is 12. The molecule has 3 aliphatic heterocycles. The molecule has 0 fully saturated rings. The molecule has 6 aromatic carbocycles. The molecule has 0 N–H and O–H groups in total. The summed E-state index contributed by atoms with van der Waals surface area (Å²) < 4.78 is 237. The van der Waals surface area contributed by atoms with Crippen LogP contribution < -0.4 is 29.4 Å². The van der Waals surface area contributed by atoms with E-state index < -0.39 is 71.2 Å². The van der Waals surface area contributed by atoms with Gasteiger partial charge >= 0.3 is 37.1 Å². The summed E-state index contributed by atoms with van der Waals surface area (Å²) >= 11 is 0. The Bertz CT molecular complexity index is 3610. The molecule has 0 spiro atoms. The minimum absolute atomic E-state index is 0. The van der Waals surface area contributed by atoms with Crippen LogP contribution in [0.5, 0.6) is 0 Å². The van der Waals surface area contributed by atoms with Gasteiger partial charge < -0.3 is 29.4 Å². The summed E-state index contributed by atoms with van der Waals surface area (Å²) in [6.07, 6.45) is -28.1.